The van der Waals surface area contributed by atoms with Crippen LogP contribution < -0.4 is 0 Å². The van der Waals surface area contributed by atoms with Gasteiger partial charge < -0.3 is 4.90 Å². The van der Waals surface area contributed by atoms with Crippen molar-refractivity contribution in [2.24, 2.45) is 5.92 Å². The number of likely N-dealkylation sites (tertiary alicyclic amines) is 2. The van der Waals surface area contributed by atoms with Crippen LogP contribution in [-0.4, -0.2) is 47.4 Å². The summed E-state index contributed by atoms with van der Waals surface area (Å²) >= 11 is 0. The molecule has 2 fully saturated rings. The summed E-state index contributed by atoms with van der Waals surface area (Å²) in [5.41, 5.74) is 2.98. The fourth-order valence-electron chi connectivity index (χ4n) is 5.95. The monoisotopic (exact) mass is 450 g/mol. The summed E-state index contributed by atoms with van der Waals surface area (Å²) in [5.74, 6) is -1.65. The van der Waals surface area contributed by atoms with Gasteiger partial charge >= 0.3 is 0 Å². The molecule has 1 unspecified atom stereocenters. The fraction of sp³-hybridized carbons (Fsp3) is 0.464. The molecule has 2 saturated heterocycles. The number of fused-ring (bicyclic) bond motifs is 2. The van der Waals surface area contributed by atoms with Crippen molar-refractivity contribution in [3.05, 3.63) is 76.9 Å². The molecule has 2 aromatic rings. The maximum absolute atomic E-state index is 14.8. The van der Waals surface area contributed by atoms with E-state index in [9.17, 15) is 13.6 Å². The quantitative estimate of drug-likeness (QED) is 0.615. The van der Waals surface area contributed by atoms with Gasteiger partial charge in [0.2, 0.25) is 5.91 Å². The Balaban J connectivity index is 1.37. The Hall–Kier alpha value is -2.53. The molecular weight excluding hydrogens is 418 g/mol. The number of halogens is 2. The number of piperidine rings is 1. The van der Waals surface area contributed by atoms with Gasteiger partial charge in [-0.05, 0) is 56.4 Å². The second-order valence-electron chi connectivity index (χ2n) is 10.9. The van der Waals surface area contributed by atoms with Crippen molar-refractivity contribution in [2.75, 3.05) is 26.2 Å². The Morgan fingerprint density at radius 2 is 1.76 bits per heavy atom. The van der Waals surface area contributed by atoms with E-state index in [0.717, 1.165) is 18.9 Å². The average Bonchev–Trinajstić information content (AvgIpc) is 3.37. The van der Waals surface area contributed by atoms with Crippen LogP contribution in [0.1, 0.15) is 56.2 Å². The van der Waals surface area contributed by atoms with Crippen LogP contribution in [-0.2, 0) is 10.2 Å². The minimum absolute atomic E-state index is 0.0168. The van der Waals surface area contributed by atoms with E-state index in [1.165, 1.54) is 23.3 Å². The number of hydrogen-bond acceptors (Lipinski definition) is 2. The molecule has 2 atom stereocenters. The maximum atomic E-state index is 14.8. The highest BCUT2D eigenvalue weighted by Gasteiger charge is 2.46. The number of nitrogens with zero attached hydrogens (tertiary/aromatic N) is 2. The van der Waals surface area contributed by atoms with Crippen molar-refractivity contribution >= 4 is 12.0 Å². The van der Waals surface area contributed by atoms with Crippen LogP contribution in [0, 0.1) is 17.6 Å². The van der Waals surface area contributed by atoms with Gasteiger partial charge in [0.15, 0.2) is 0 Å². The summed E-state index contributed by atoms with van der Waals surface area (Å²) < 4.78 is 28.3. The predicted molar refractivity (Wildman–Crippen MR) is 127 cm³/mol. The van der Waals surface area contributed by atoms with E-state index in [2.05, 4.69) is 62.1 Å². The lowest BCUT2D eigenvalue weighted by Gasteiger charge is -2.40. The lowest BCUT2D eigenvalue weighted by molar-refractivity contribution is -0.137. The first-order valence-corrected chi connectivity index (χ1v) is 12.0. The van der Waals surface area contributed by atoms with E-state index in [4.69, 9.17) is 0 Å². The predicted octanol–water partition coefficient (Wildman–Crippen LogP) is 5.37. The van der Waals surface area contributed by atoms with Crippen molar-refractivity contribution in [1.29, 1.82) is 0 Å². The van der Waals surface area contributed by atoms with Crippen molar-refractivity contribution < 1.29 is 13.6 Å². The average molecular weight is 451 g/mol. The number of carbonyl (C=O) groups excluding carboxylic acids is 1. The standard InChI is InChI=1S/C28H32F2N2O/c1-27(2,3)32-17-22(21-9-8-20(29)16-25(21)30)23(18-32)26(33)31-14-12-28(13-15-31)11-10-19-6-4-5-7-24(19)28/h4-11,16,22-23H,12-15,17-18H2,1-3H3/t22-,23?/m0/s1. The number of rotatable bonds is 2. The number of benzene rings is 2. The highest BCUT2D eigenvalue weighted by atomic mass is 19.1. The summed E-state index contributed by atoms with van der Waals surface area (Å²) in [6, 6.07) is 12.3. The molecule has 2 aliphatic heterocycles. The molecule has 0 bridgehead atoms. The molecule has 174 valence electrons. The third kappa shape index (κ3) is 3.90. The first kappa shape index (κ1) is 22.3. The summed E-state index contributed by atoms with van der Waals surface area (Å²) in [6.07, 6.45) is 6.32. The van der Waals surface area contributed by atoms with E-state index < -0.39 is 11.6 Å². The SMILES string of the molecule is CC(C)(C)N1CC(C(=O)N2CCC3(C=Cc4ccccc43)CC2)[C@H](c2ccc(F)cc2F)C1. The van der Waals surface area contributed by atoms with Crippen LogP contribution in [0.4, 0.5) is 8.78 Å². The van der Waals surface area contributed by atoms with Gasteiger partial charge in [-0.15, -0.1) is 0 Å². The largest absolute Gasteiger partial charge is 0.342 e. The van der Waals surface area contributed by atoms with E-state index in [1.807, 2.05) is 4.90 Å². The van der Waals surface area contributed by atoms with Gasteiger partial charge in [0.1, 0.15) is 11.6 Å². The third-order valence-corrected chi connectivity index (χ3v) is 7.99. The van der Waals surface area contributed by atoms with Gasteiger partial charge in [-0.1, -0.05) is 42.5 Å². The number of carbonyl (C=O) groups is 1. The molecule has 3 nitrogen and oxygen atoms in total. The van der Waals surface area contributed by atoms with Gasteiger partial charge in [-0.25, -0.2) is 8.78 Å². The lowest BCUT2D eigenvalue weighted by Crippen LogP contribution is -2.47. The topological polar surface area (TPSA) is 23.6 Å². The minimum Gasteiger partial charge on any atom is -0.342 e. The van der Waals surface area contributed by atoms with Crippen LogP contribution in [0.15, 0.2) is 48.5 Å². The Labute approximate surface area is 195 Å². The molecule has 2 aromatic carbocycles. The Morgan fingerprint density at radius 3 is 2.45 bits per heavy atom. The Bertz CT molecular complexity index is 1100. The Kier molecular flexibility index (Phi) is 5.43. The van der Waals surface area contributed by atoms with E-state index in [1.54, 1.807) is 0 Å². The second kappa shape index (κ2) is 8.05. The number of hydrogen-bond donors (Lipinski definition) is 0. The molecule has 1 aliphatic carbocycles. The van der Waals surface area contributed by atoms with Crippen LogP contribution in [0.2, 0.25) is 0 Å². The van der Waals surface area contributed by atoms with E-state index in [-0.39, 0.29) is 28.7 Å². The first-order chi connectivity index (χ1) is 15.7. The minimum atomic E-state index is -0.587. The van der Waals surface area contributed by atoms with E-state index >= 15 is 0 Å². The van der Waals surface area contributed by atoms with E-state index in [0.29, 0.717) is 31.7 Å². The van der Waals surface area contributed by atoms with Crippen molar-refractivity contribution in [3.8, 4) is 0 Å². The van der Waals surface area contributed by atoms with Gasteiger partial charge in [0.05, 0.1) is 5.92 Å². The summed E-state index contributed by atoms with van der Waals surface area (Å²) in [7, 11) is 0. The fourth-order valence-corrected chi connectivity index (χ4v) is 5.95. The molecule has 3 aliphatic rings. The van der Waals surface area contributed by atoms with Gasteiger partial charge in [0, 0.05) is 49.1 Å². The van der Waals surface area contributed by atoms with Crippen LogP contribution in [0.3, 0.4) is 0 Å². The molecule has 2 heterocycles. The lowest BCUT2D eigenvalue weighted by atomic mass is 9.74. The first-order valence-electron chi connectivity index (χ1n) is 12.0. The number of amides is 1. The smallest absolute Gasteiger partial charge is 0.227 e. The summed E-state index contributed by atoms with van der Waals surface area (Å²) in [6.45, 7) is 8.93. The molecule has 0 N–H and O–H groups in total. The highest BCUT2D eigenvalue weighted by Crippen LogP contribution is 2.45. The highest BCUT2D eigenvalue weighted by molar-refractivity contribution is 5.81. The molecule has 5 heteroatoms. The summed E-state index contributed by atoms with van der Waals surface area (Å²) in [4.78, 5) is 18.0. The molecule has 1 spiro atoms. The normalized spacial score (nSPS) is 24.5. The van der Waals surface area contributed by atoms with Crippen LogP contribution in [0.5, 0.6) is 0 Å². The third-order valence-electron chi connectivity index (χ3n) is 7.99. The van der Waals surface area contributed by atoms with Crippen LogP contribution in [0.25, 0.3) is 6.08 Å². The summed E-state index contributed by atoms with van der Waals surface area (Å²) in [5, 5.41) is 0. The Morgan fingerprint density at radius 1 is 1.03 bits per heavy atom. The molecule has 0 aromatic heterocycles. The van der Waals surface area contributed by atoms with Gasteiger partial charge in [-0.3, -0.25) is 9.69 Å². The van der Waals surface area contributed by atoms with Gasteiger partial charge in [0.25, 0.3) is 0 Å². The zero-order valence-electron chi connectivity index (χ0n) is 19.7. The number of allylic oxidation sites excluding steroid dienone is 1. The van der Waals surface area contributed by atoms with Crippen molar-refractivity contribution in [1.82, 2.24) is 9.80 Å². The van der Waals surface area contributed by atoms with Gasteiger partial charge in [-0.2, -0.15) is 0 Å². The molecule has 0 radical (unpaired) electrons. The van der Waals surface area contributed by atoms with Crippen molar-refractivity contribution in [3.63, 3.8) is 0 Å². The molecule has 0 saturated carbocycles. The molecule has 5 rings (SSSR count). The van der Waals surface area contributed by atoms with Crippen molar-refractivity contribution in [2.45, 2.75) is 50.5 Å². The molecule has 1 amide bonds. The zero-order valence-corrected chi connectivity index (χ0v) is 19.7. The maximum Gasteiger partial charge on any atom is 0.227 e. The molecule has 33 heavy (non-hydrogen) atoms. The molecular formula is C28H32F2N2O. The zero-order chi connectivity index (χ0) is 23.4. The van der Waals surface area contributed by atoms with Crippen LogP contribution >= 0.6 is 0 Å². The second-order valence-corrected chi connectivity index (χ2v) is 10.9.